The minimum Gasteiger partial charge on any atom is -0.271 e. The first-order valence-electron chi connectivity index (χ1n) is 5.76. The first kappa shape index (κ1) is 14.4. The Balaban J connectivity index is 2.29. The highest BCUT2D eigenvalue weighted by molar-refractivity contribution is 14.1. The van der Waals surface area contributed by atoms with Gasteiger partial charge in [-0.15, -0.1) is 0 Å². The fraction of sp³-hybridized carbons (Fsp3) is 0.143. The molecule has 2 nitrogen and oxygen atoms in total. The molecule has 5 heteroatoms. The molecule has 1 unspecified atom stereocenters. The molecule has 0 saturated carbocycles. The van der Waals surface area contributed by atoms with E-state index >= 15 is 0 Å². The van der Waals surface area contributed by atoms with Crippen LogP contribution in [-0.2, 0) is 6.42 Å². The summed E-state index contributed by atoms with van der Waals surface area (Å²) in [4.78, 5) is 0. The standard InChI is InChI=1S/C14H13F2IN2/c15-10-5-6-12(16)9(7-10)8-14(19-18)11-3-1-2-4-13(11)17/h1-7,14,19H,8,18H2. The Kier molecular flexibility index (Phi) is 4.84. The van der Waals surface area contributed by atoms with Gasteiger partial charge < -0.3 is 0 Å². The van der Waals surface area contributed by atoms with E-state index in [-0.39, 0.29) is 6.04 Å². The van der Waals surface area contributed by atoms with Crippen molar-refractivity contribution in [2.45, 2.75) is 12.5 Å². The summed E-state index contributed by atoms with van der Waals surface area (Å²) >= 11 is 2.19. The molecule has 3 N–H and O–H groups in total. The van der Waals surface area contributed by atoms with Crippen LogP contribution in [0.1, 0.15) is 17.2 Å². The van der Waals surface area contributed by atoms with Gasteiger partial charge in [0.05, 0.1) is 6.04 Å². The van der Waals surface area contributed by atoms with E-state index < -0.39 is 11.6 Å². The summed E-state index contributed by atoms with van der Waals surface area (Å²) in [5.41, 5.74) is 3.94. The van der Waals surface area contributed by atoms with Crippen LogP contribution in [0.15, 0.2) is 42.5 Å². The third-order valence-corrected chi connectivity index (χ3v) is 3.90. The van der Waals surface area contributed by atoms with Gasteiger partial charge in [-0.1, -0.05) is 18.2 Å². The molecule has 0 bridgehead atoms. The van der Waals surface area contributed by atoms with Crippen LogP contribution in [0.4, 0.5) is 8.78 Å². The topological polar surface area (TPSA) is 38.0 Å². The molecule has 0 spiro atoms. The Hall–Kier alpha value is -1.05. The van der Waals surface area contributed by atoms with Crippen molar-refractivity contribution in [1.82, 2.24) is 5.43 Å². The summed E-state index contributed by atoms with van der Waals surface area (Å²) in [6.07, 6.45) is 0.292. The molecule has 19 heavy (non-hydrogen) atoms. The van der Waals surface area contributed by atoms with Gasteiger partial charge in [-0.05, 0) is 64.4 Å². The number of rotatable bonds is 4. The molecule has 0 amide bonds. The summed E-state index contributed by atoms with van der Waals surface area (Å²) in [6, 6.07) is 10.9. The average molecular weight is 374 g/mol. The van der Waals surface area contributed by atoms with Crippen LogP contribution in [0.2, 0.25) is 0 Å². The van der Waals surface area contributed by atoms with Gasteiger partial charge in [-0.3, -0.25) is 11.3 Å². The van der Waals surface area contributed by atoms with Crippen molar-refractivity contribution in [2.75, 3.05) is 0 Å². The first-order chi connectivity index (χ1) is 9.11. The van der Waals surface area contributed by atoms with Crippen molar-refractivity contribution in [1.29, 1.82) is 0 Å². The molecule has 0 fully saturated rings. The zero-order valence-corrected chi connectivity index (χ0v) is 12.2. The molecule has 0 aliphatic heterocycles. The highest BCUT2D eigenvalue weighted by Gasteiger charge is 2.15. The van der Waals surface area contributed by atoms with Crippen LogP contribution in [0.3, 0.4) is 0 Å². The molecule has 0 heterocycles. The number of nitrogens with two attached hydrogens (primary N) is 1. The second-order valence-corrected chi connectivity index (χ2v) is 5.34. The number of hydrogen-bond donors (Lipinski definition) is 2. The van der Waals surface area contributed by atoms with Gasteiger partial charge in [-0.25, -0.2) is 8.78 Å². The van der Waals surface area contributed by atoms with Crippen molar-refractivity contribution in [3.05, 3.63) is 68.8 Å². The minimum absolute atomic E-state index is 0.260. The molecular formula is C14H13F2IN2. The second-order valence-electron chi connectivity index (χ2n) is 4.18. The smallest absolute Gasteiger partial charge is 0.126 e. The van der Waals surface area contributed by atoms with E-state index in [1.54, 1.807) is 0 Å². The van der Waals surface area contributed by atoms with Gasteiger partial charge in [0.25, 0.3) is 0 Å². The lowest BCUT2D eigenvalue weighted by Gasteiger charge is -2.18. The SMILES string of the molecule is NNC(Cc1cc(F)ccc1F)c1ccccc1I. The van der Waals surface area contributed by atoms with Gasteiger partial charge in [0, 0.05) is 3.57 Å². The van der Waals surface area contributed by atoms with E-state index in [4.69, 9.17) is 5.84 Å². The summed E-state index contributed by atoms with van der Waals surface area (Å²) in [5, 5.41) is 0. The number of hydrazine groups is 1. The molecule has 100 valence electrons. The zero-order chi connectivity index (χ0) is 13.8. The third kappa shape index (κ3) is 3.49. The van der Waals surface area contributed by atoms with Crippen LogP contribution in [0.25, 0.3) is 0 Å². The van der Waals surface area contributed by atoms with Crippen molar-refractivity contribution < 1.29 is 8.78 Å². The fourth-order valence-corrected chi connectivity index (χ4v) is 2.70. The minimum atomic E-state index is -0.449. The molecule has 0 aliphatic carbocycles. The van der Waals surface area contributed by atoms with Crippen molar-refractivity contribution in [3.8, 4) is 0 Å². The Morgan fingerprint density at radius 1 is 1.16 bits per heavy atom. The van der Waals surface area contributed by atoms with Crippen molar-refractivity contribution >= 4 is 22.6 Å². The molecule has 2 rings (SSSR count). The normalized spacial score (nSPS) is 12.4. The zero-order valence-electron chi connectivity index (χ0n) is 10.0. The first-order valence-corrected chi connectivity index (χ1v) is 6.84. The average Bonchev–Trinajstić information content (AvgIpc) is 2.41. The van der Waals surface area contributed by atoms with Gasteiger partial charge in [0.15, 0.2) is 0 Å². The van der Waals surface area contributed by atoms with Crippen LogP contribution in [-0.4, -0.2) is 0 Å². The fourth-order valence-electron chi connectivity index (χ4n) is 1.94. The molecule has 0 saturated heterocycles. The third-order valence-electron chi connectivity index (χ3n) is 2.91. The number of hydrogen-bond acceptors (Lipinski definition) is 2. The number of benzene rings is 2. The molecule has 1 atom stereocenters. The van der Waals surface area contributed by atoms with Crippen LogP contribution in [0, 0.1) is 15.2 Å². The van der Waals surface area contributed by atoms with Crippen LogP contribution >= 0.6 is 22.6 Å². The molecule has 0 aliphatic rings. The van der Waals surface area contributed by atoms with E-state index in [0.717, 1.165) is 21.3 Å². The molecule has 0 aromatic heterocycles. The van der Waals surface area contributed by atoms with Crippen LogP contribution in [0.5, 0.6) is 0 Å². The van der Waals surface area contributed by atoms with Gasteiger partial charge in [0.1, 0.15) is 11.6 Å². The highest BCUT2D eigenvalue weighted by Crippen LogP contribution is 2.24. The second kappa shape index (κ2) is 6.40. The summed E-state index contributed by atoms with van der Waals surface area (Å²) in [5.74, 6) is 4.67. The predicted octanol–water partition coefficient (Wildman–Crippen LogP) is 3.32. The lowest BCUT2D eigenvalue weighted by molar-refractivity contribution is 0.521. The number of halogens is 3. The maximum atomic E-state index is 13.6. The lowest BCUT2D eigenvalue weighted by Crippen LogP contribution is -2.30. The van der Waals surface area contributed by atoms with Gasteiger partial charge >= 0.3 is 0 Å². The largest absolute Gasteiger partial charge is 0.271 e. The molecule has 0 radical (unpaired) electrons. The van der Waals surface area contributed by atoms with Crippen molar-refractivity contribution in [3.63, 3.8) is 0 Å². The van der Waals surface area contributed by atoms with Gasteiger partial charge in [-0.2, -0.15) is 0 Å². The Bertz CT molecular complexity index is 575. The van der Waals surface area contributed by atoms with E-state index in [1.165, 1.54) is 6.07 Å². The molecular weight excluding hydrogens is 361 g/mol. The number of nitrogens with one attached hydrogen (secondary N) is 1. The Morgan fingerprint density at radius 3 is 2.58 bits per heavy atom. The highest BCUT2D eigenvalue weighted by atomic mass is 127. The maximum Gasteiger partial charge on any atom is 0.126 e. The summed E-state index contributed by atoms with van der Waals surface area (Å²) in [6.45, 7) is 0. The van der Waals surface area contributed by atoms with E-state index in [2.05, 4.69) is 28.0 Å². The monoisotopic (exact) mass is 374 g/mol. The Morgan fingerprint density at radius 2 is 1.89 bits per heavy atom. The molecule has 2 aromatic carbocycles. The quantitative estimate of drug-likeness (QED) is 0.490. The van der Waals surface area contributed by atoms with E-state index in [9.17, 15) is 8.78 Å². The maximum absolute atomic E-state index is 13.6. The molecule has 2 aromatic rings. The lowest BCUT2D eigenvalue weighted by atomic mass is 9.99. The van der Waals surface area contributed by atoms with E-state index in [0.29, 0.717) is 12.0 Å². The summed E-state index contributed by atoms with van der Waals surface area (Å²) in [7, 11) is 0. The summed E-state index contributed by atoms with van der Waals surface area (Å²) < 4.78 is 27.8. The predicted molar refractivity (Wildman–Crippen MR) is 79.3 cm³/mol. The van der Waals surface area contributed by atoms with Crippen LogP contribution < -0.4 is 11.3 Å². The van der Waals surface area contributed by atoms with Crippen molar-refractivity contribution in [2.24, 2.45) is 5.84 Å². The van der Waals surface area contributed by atoms with Gasteiger partial charge in [0.2, 0.25) is 0 Å². The van der Waals surface area contributed by atoms with E-state index in [1.807, 2.05) is 24.3 Å². The Labute approximate surface area is 124 Å².